The number of anilines is 1. The van der Waals surface area contributed by atoms with Gasteiger partial charge in [-0.2, -0.15) is 0 Å². The molecule has 0 aliphatic carbocycles. The van der Waals surface area contributed by atoms with Gasteiger partial charge in [0.1, 0.15) is 11.5 Å². The van der Waals surface area contributed by atoms with Crippen molar-refractivity contribution in [1.29, 1.82) is 0 Å². The summed E-state index contributed by atoms with van der Waals surface area (Å²) >= 11 is 0. The average molecular weight is 496 g/mol. The number of ether oxygens (including phenoxy) is 2. The van der Waals surface area contributed by atoms with Gasteiger partial charge in [-0.25, -0.2) is 4.98 Å². The predicted octanol–water partition coefficient (Wildman–Crippen LogP) is 6.05. The third-order valence-electron chi connectivity index (χ3n) is 6.87. The van der Waals surface area contributed by atoms with Crippen LogP contribution in [0.25, 0.3) is 22.2 Å². The number of aromatic nitrogens is 1. The molecule has 6 nitrogen and oxygen atoms in total. The molecule has 6 heteroatoms. The summed E-state index contributed by atoms with van der Waals surface area (Å²) in [6.45, 7) is 5.77. The normalized spacial score (nSPS) is 13.6. The van der Waals surface area contributed by atoms with Crippen LogP contribution in [-0.2, 0) is 0 Å². The van der Waals surface area contributed by atoms with Gasteiger partial charge >= 0.3 is 0 Å². The van der Waals surface area contributed by atoms with Crippen molar-refractivity contribution in [1.82, 2.24) is 9.88 Å². The second kappa shape index (κ2) is 11.3. The van der Waals surface area contributed by atoms with Crippen LogP contribution in [0.2, 0.25) is 0 Å². The van der Waals surface area contributed by atoms with Gasteiger partial charge in [0.15, 0.2) is 0 Å². The van der Waals surface area contributed by atoms with Gasteiger partial charge in [-0.15, -0.1) is 0 Å². The van der Waals surface area contributed by atoms with E-state index in [1.807, 2.05) is 71.6 Å². The highest BCUT2D eigenvalue weighted by atomic mass is 16.5. The molecule has 1 fully saturated rings. The van der Waals surface area contributed by atoms with Crippen molar-refractivity contribution < 1.29 is 14.3 Å². The number of piperazine rings is 1. The Hall–Kier alpha value is -4.06. The molecule has 0 unspecified atom stereocenters. The second-order valence-electron chi connectivity index (χ2n) is 9.28. The van der Waals surface area contributed by atoms with Crippen molar-refractivity contribution in [3.05, 3.63) is 84.4 Å². The molecule has 3 aromatic carbocycles. The van der Waals surface area contributed by atoms with E-state index >= 15 is 0 Å². The van der Waals surface area contributed by atoms with Crippen molar-refractivity contribution in [3.63, 3.8) is 0 Å². The smallest absolute Gasteiger partial charge is 0.254 e. The fraction of sp³-hybridized carbons (Fsp3) is 0.290. The summed E-state index contributed by atoms with van der Waals surface area (Å²) < 4.78 is 11.1. The fourth-order valence-electron chi connectivity index (χ4n) is 4.69. The number of rotatable bonds is 8. The first-order chi connectivity index (χ1) is 18.2. The second-order valence-corrected chi connectivity index (χ2v) is 9.28. The number of pyridine rings is 1. The summed E-state index contributed by atoms with van der Waals surface area (Å²) in [6.07, 6.45) is 2.14. The van der Waals surface area contributed by atoms with Gasteiger partial charge in [0.25, 0.3) is 5.91 Å². The van der Waals surface area contributed by atoms with E-state index in [9.17, 15) is 4.79 Å². The van der Waals surface area contributed by atoms with Crippen molar-refractivity contribution in [2.75, 3.05) is 44.8 Å². The number of nitrogens with zero attached hydrogens (tertiary/aromatic N) is 3. The SMILES string of the molecule is CCCCOc1ccc(-c2cc(C(=O)N3CCN(c4ccc(OC)cc4)CC3)c3ccccc3n2)cc1. The summed E-state index contributed by atoms with van der Waals surface area (Å²) in [5.41, 5.74) is 4.42. The van der Waals surface area contributed by atoms with E-state index in [4.69, 9.17) is 14.5 Å². The lowest BCUT2D eigenvalue weighted by molar-refractivity contribution is 0.0748. The number of fused-ring (bicyclic) bond motifs is 1. The molecular weight excluding hydrogens is 462 g/mol. The zero-order chi connectivity index (χ0) is 25.6. The number of carbonyl (C=O) groups is 1. The Bertz CT molecular complexity index is 1340. The van der Waals surface area contributed by atoms with Crippen LogP contribution >= 0.6 is 0 Å². The molecule has 2 heterocycles. The molecule has 37 heavy (non-hydrogen) atoms. The maximum absolute atomic E-state index is 13.8. The summed E-state index contributed by atoms with van der Waals surface area (Å²) in [7, 11) is 1.67. The number of amides is 1. The number of para-hydroxylation sites is 1. The number of carbonyl (C=O) groups excluding carboxylic acids is 1. The first-order valence-corrected chi connectivity index (χ1v) is 13.0. The van der Waals surface area contributed by atoms with E-state index in [0.717, 1.165) is 65.3 Å². The Morgan fingerprint density at radius 2 is 1.59 bits per heavy atom. The molecule has 5 rings (SSSR count). The van der Waals surface area contributed by atoms with Crippen LogP contribution in [-0.4, -0.2) is 55.7 Å². The minimum Gasteiger partial charge on any atom is -0.497 e. The van der Waals surface area contributed by atoms with E-state index < -0.39 is 0 Å². The highest BCUT2D eigenvalue weighted by Gasteiger charge is 2.24. The summed E-state index contributed by atoms with van der Waals surface area (Å²) in [4.78, 5) is 22.9. The van der Waals surface area contributed by atoms with Crippen molar-refractivity contribution in [2.45, 2.75) is 19.8 Å². The zero-order valence-corrected chi connectivity index (χ0v) is 21.5. The van der Waals surface area contributed by atoms with Crippen LogP contribution in [0.3, 0.4) is 0 Å². The van der Waals surface area contributed by atoms with Gasteiger partial charge in [-0.3, -0.25) is 4.79 Å². The highest BCUT2D eigenvalue weighted by Crippen LogP contribution is 2.28. The number of unbranched alkanes of at least 4 members (excludes halogenated alkanes) is 1. The predicted molar refractivity (Wildman–Crippen MR) is 149 cm³/mol. The quantitative estimate of drug-likeness (QED) is 0.279. The molecular formula is C31H33N3O3. The van der Waals surface area contributed by atoms with E-state index in [-0.39, 0.29) is 5.91 Å². The Labute approximate surface area is 218 Å². The van der Waals surface area contributed by atoms with Gasteiger partial charge < -0.3 is 19.3 Å². The van der Waals surface area contributed by atoms with E-state index in [0.29, 0.717) is 25.3 Å². The molecule has 0 spiro atoms. The zero-order valence-electron chi connectivity index (χ0n) is 21.5. The molecule has 4 aromatic rings. The minimum atomic E-state index is 0.0498. The van der Waals surface area contributed by atoms with Crippen molar-refractivity contribution in [2.24, 2.45) is 0 Å². The molecule has 0 radical (unpaired) electrons. The summed E-state index contributed by atoms with van der Waals surface area (Å²) in [5.74, 6) is 1.74. The molecule has 1 aliphatic rings. The van der Waals surface area contributed by atoms with Crippen LogP contribution in [0.4, 0.5) is 5.69 Å². The first kappa shape index (κ1) is 24.6. The molecule has 1 aliphatic heterocycles. The van der Waals surface area contributed by atoms with Crippen LogP contribution in [0, 0.1) is 0 Å². The van der Waals surface area contributed by atoms with Crippen LogP contribution in [0.1, 0.15) is 30.1 Å². The summed E-state index contributed by atoms with van der Waals surface area (Å²) in [6, 6.07) is 25.9. The Morgan fingerprint density at radius 3 is 2.30 bits per heavy atom. The van der Waals surface area contributed by atoms with E-state index in [2.05, 4.69) is 24.0 Å². The van der Waals surface area contributed by atoms with Crippen LogP contribution in [0.15, 0.2) is 78.9 Å². The van der Waals surface area contributed by atoms with Gasteiger partial charge in [0, 0.05) is 42.8 Å². The lowest BCUT2D eigenvalue weighted by Gasteiger charge is -2.36. The van der Waals surface area contributed by atoms with Crippen LogP contribution < -0.4 is 14.4 Å². The van der Waals surface area contributed by atoms with E-state index in [1.165, 1.54) is 0 Å². The summed E-state index contributed by atoms with van der Waals surface area (Å²) in [5, 5.41) is 0.883. The number of hydrogen-bond donors (Lipinski definition) is 0. The molecule has 190 valence electrons. The monoisotopic (exact) mass is 495 g/mol. The Kier molecular flexibility index (Phi) is 7.54. The molecule has 0 N–H and O–H groups in total. The lowest BCUT2D eigenvalue weighted by atomic mass is 10.0. The third kappa shape index (κ3) is 5.53. The van der Waals surface area contributed by atoms with Crippen LogP contribution in [0.5, 0.6) is 11.5 Å². The molecule has 1 aromatic heterocycles. The maximum atomic E-state index is 13.8. The standard InChI is InChI=1S/C31H33N3O3/c1-3-4-21-37-26-13-9-23(10-14-26)30-22-28(27-7-5-6-8-29(27)32-30)31(35)34-19-17-33(18-20-34)24-11-15-25(36-2)16-12-24/h5-16,22H,3-4,17-21H2,1-2H3. The molecule has 1 saturated heterocycles. The van der Waals surface area contributed by atoms with Gasteiger partial charge in [0.05, 0.1) is 30.5 Å². The van der Waals surface area contributed by atoms with Crippen molar-refractivity contribution >= 4 is 22.5 Å². The molecule has 0 saturated carbocycles. The Morgan fingerprint density at radius 1 is 0.892 bits per heavy atom. The van der Waals surface area contributed by atoms with Gasteiger partial charge in [0.2, 0.25) is 0 Å². The molecule has 0 bridgehead atoms. The Balaban J connectivity index is 1.35. The highest BCUT2D eigenvalue weighted by molar-refractivity contribution is 6.07. The molecule has 0 atom stereocenters. The topological polar surface area (TPSA) is 54.9 Å². The first-order valence-electron chi connectivity index (χ1n) is 13.0. The number of methoxy groups -OCH3 is 1. The average Bonchev–Trinajstić information content (AvgIpc) is 2.97. The lowest BCUT2D eigenvalue weighted by Crippen LogP contribution is -2.48. The number of benzene rings is 3. The van der Waals surface area contributed by atoms with Gasteiger partial charge in [-0.1, -0.05) is 31.5 Å². The van der Waals surface area contributed by atoms with Crippen molar-refractivity contribution in [3.8, 4) is 22.8 Å². The third-order valence-corrected chi connectivity index (χ3v) is 6.87. The van der Waals surface area contributed by atoms with Gasteiger partial charge in [-0.05, 0) is 67.1 Å². The largest absolute Gasteiger partial charge is 0.497 e. The number of hydrogen-bond acceptors (Lipinski definition) is 5. The molecule has 1 amide bonds. The fourth-order valence-corrected chi connectivity index (χ4v) is 4.69. The minimum absolute atomic E-state index is 0.0498. The maximum Gasteiger partial charge on any atom is 0.254 e. The van der Waals surface area contributed by atoms with E-state index in [1.54, 1.807) is 7.11 Å².